The van der Waals surface area contributed by atoms with E-state index in [1.807, 2.05) is 6.92 Å². The number of fused-ring (bicyclic) bond motifs is 1. The number of carbonyl (C=O) groups excluding carboxylic acids is 1. The summed E-state index contributed by atoms with van der Waals surface area (Å²) >= 11 is 6.30. The van der Waals surface area contributed by atoms with Gasteiger partial charge in [-0.2, -0.15) is 0 Å². The molecule has 1 aliphatic heterocycles. The van der Waals surface area contributed by atoms with E-state index in [-0.39, 0.29) is 23.3 Å². The molecule has 0 fully saturated rings. The number of amides is 1. The lowest BCUT2D eigenvalue weighted by Crippen LogP contribution is -2.31. The van der Waals surface area contributed by atoms with Crippen molar-refractivity contribution in [2.24, 2.45) is 5.14 Å². The quantitative estimate of drug-likeness (QED) is 0.773. The number of hydrogen-bond donors (Lipinski definition) is 1. The van der Waals surface area contributed by atoms with Gasteiger partial charge in [-0.05, 0) is 42.3 Å². The molecule has 1 amide bonds. The first-order valence-electron chi connectivity index (χ1n) is 9.13. The van der Waals surface area contributed by atoms with E-state index in [0.29, 0.717) is 29.7 Å². The topological polar surface area (TPSA) is 98.9 Å². The highest BCUT2D eigenvalue weighted by molar-refractivity contribution is 7.89. The Morgan fingerprint density at radius 3 is 2.52 bits per heavy atom. The number of halogens is 1. The average Bonchev–Trinajstić information content (AvgIpc) is 2.92. The highest BCUT2D eigenvalue weighted by Gasteiger charge is 2.21. The molecule has 0 aliphatic carbocycles. The molecule has 9 heteroatoms. The van der Waals surface area contributed by atoms with Gasteiger partial charge in [-0.1, -0.05) is 23.7 Å². The molecular weight excluding hydrogens is 416 g/mol. The summed E-state index contributed by atoms with van der Waals surface area (Å²) < 4.78 is 34.1. The molecule has 0 unspecified atom stereocenters. The molecule has 29 heavy (non-hydrogen) atoms. The maximum atomic E-state index is 12.8. The number of carbonyl (C=O) groups is 1. The Labute approximate surface area is 175 Å². The lowest BCUT2D eigenvalue weighted by molar-refractivity contribution is -0.131. The number of nitrogens with two attached hydrogens (primary N) is 1. The molecule has 1 aliphatic rings. The third-order valence-electron chi connectivity index (χ3n) is 4.88. The fourth-order valence-corrected chi connectivity index (χ4v) is 3.86. The van der Waals surface area contributed by atoms with Gasteiger partial charge in [0.15, 0.2) is 11.5 Å². The molecule has 156 valence electrons. The summed E-state index contributed by atoms with van der Waals surface area (Å²) in [5.41, 5.74) is 1.53. The predicted octanol–water partition coefficient (Wildman–Crippen LogP) is 2.91. The molecule has 0 spiro atoms. The van der Waals surface area contributed by atoms with E-state index < -0.39 is 10.0 Å². The minimum Gasteiger partial charge on any atom is -0.489 e. The number of rotatable bonds is 5. The Bertz CT molecular complexity index is 1010. The van der Waals surface area contributed by atoms with Crippen molar-refractivity contribution in [3.05, 3.63) is 52.5 Å². The molecular formula is C20H23ClN2O5S. The fraction of sp³-hybridized carbons (Fsp3) is 0.350. The standard InChI is InChI=1S/C20H23ClN2O5S/c1-13(15-4-6-16(7-5-15)29(22,25)26)23(2)19(24)12-14-10-17(21)20-18(11-14)27-8-3-9-28-20/h4-7,10-11,13H,3,8-9,12H2,1-2H3,(H2,22,25,26)/t13-/m1/s1. The molecule has 7 nitrogen and oxygen atoms in total. The van der Waals surface area contributed by atoms with Gasteiger partial charge in [0.1, 0.15) is 0 Å². The number of likely N-dealkylation sites (N-methyl/N-ethyl adjacent to an activating group) is 1. The van der Waals surface area contributed by atoms with Crippen LogP contribution in [-0.2, 0) is 21.2 Å². The van der Waals surface area contributed by atoms with Crippen LogP contribution in [0.15, 0.2) is 41.3 Å². The van der Waals surface area contributed by atoms with Crippen LogP contribution in [0.1, 0.15) is 30.5 Å². The van der Waals surface area contributed by atoms with Gasteiger partial charge in [0.25, 0.3) is 0 Å². The van der Waals surface area contributed by atoms with Crippen molar-refractivity contribution in [3.63, 3.8) is 0 Å². The van der Waals surface area contributed by atoms with Gasteiger partial charge in [0.2, 0.25) is 15.9 Å². The van der Waals surface area contributed by atoms with Gasteiger partial charge in [0, 0.05) is 13.5 Å². The average molecular weight is 439 g/mol. The molecule has 1 atom stereocenters. The first-order valence-corrected chi connectivity index (χ1v) is 11.1. The van der Waals surface area contributed by atoms with Gasteiger partial charge < -0.3 is 14.4 Å². The summed E-state index contributed by atoms with van der Waals surface area (Å²) in [5.74, 6) is 0.947. The summed E-state index contributed by atoms with van der Waals surface area (Å²) in [4.78, 5) is 14.4. The van der Waals surface area contributed by atoms with E-state index in [4.69, 9.17) is 26.2 Å². The van der Waals surface area contributed by atoms with Crippen LogP contribution in [0.5, 0.6) is 11.5 Å². The summed E-state index contributed by atoms with van der Waals surface area (Å²) in [5, 5.41) is 5.54. The zero-order valence-electron chi connectivity index (χ0n) is 16.2. The number of primary sulfonamides is 1. The maximum absolute atomic E-state index is 12.8. The van der Waals surface area contributed by atoms with Crippen LogP contribution in [0, 0.1) is 0 Å². The summed E-state index contributed by atoms with van der Waals surface area (Å²) in [6.07, 6.45) is 0.913. The molecule has 1 heterocycles. The third-order valence-corrected chi connectivity index (χ3v) is 6.09. The van der Waals surface area contributed by atoms with E-state index in [2.05, 4.69) is 0 Å². The Morgan fingerprint density at radius 2 is 1.86 bits per heavy atom. The van der Waals surface area contributed by atoms with Gasteiger partial charge in [-0.25, -0.2) is 13.6 Å². The molecule has 0 aromatic heterocycles. The summed E-state index contributed by atoms with van der Waals surface area (Å²) in [6.45, 7) is 2.94. The van der Waals surface area contributed by atoms with Crippen molar-refractivity contribution in [3.8, 4) is 11.5 Å². The van der Waals surface area contributed by atoms with Crippen LogP contribution in [0.2, 0.25) is 5.02 Å². The van der Waals surface area contributed by atoms with E-state index in [9.17, 15) is 13.2 Å². The number of ether oxygens (including phenoxy) is 2. The molecule has 0 radical (unpaired) electrons. The smallest absolute Gasteiger partial charge is 0.238 e. The predicted molar refractivity (Wildman–Crippen MR) is 110 cm³/mol. The zero-order valence-corrected chi connectivity index (χ0v) is 17.8. The van der Waals surface area contributed by atoms with E-state index in [1.54, 1.807) is 36.2 Å². The Kier molecular flexibility index (Phi) is 6.36. The van der Waals surface area contributed by atoms with Crippen LogP contribution in [0.4, 0.5) is 0 Å². The molecule has 0 saturated heterocycles. The van der Waals surface area contributed by atoms with Crippen molar-refractivity contribution in [1.29, 1.82) is 0 Å². The van der Waals surface area contributed by atoms with Gasteiger partial charge in [-0.3, -0.25) is 4.79 Å². The fourth-order valence-electron chi connectivity index (χ4n) is 3.06. The van der Waals surface area contributed by atoms with Crippen molar-refractivity contribution < 1.29 is 22.7 Å². The van der Waals surface area contributed by atoms with Crippen LogP contribution < -0.4 is 14.6 Å². The van der Waals surface area contributed by atoms with E-state index >= 15 is 0 Å². The number of sulfonamides is 1. The molecule has 2 N–H and O–H groups in total. The number of hydrogen-bond acceptors (Lipinski definition) is 5. The largest absolute Gasteiger partial charge is 0.489 e. The second-order valence-electron chi connectivity index (χ2n) is 6.93. The van der Waals surface area contributed by atoms with Gasteiger partial charge in [0.05, 0.1) is 35.6 Å². The maximum Gasteiger partial charge on any atom is 0.238 e. The van der Waals surface area contributed by atoms with Crippen LogP contribution in [-0.4, -0.2) is 39.5 Å². The minimum atomic E-state index is -3.75. The minimum absolute atomic E-state index is 0.0317. The normalized spacial score (nSPS) is 14.8. The van der Waals surface area contributed by atoms with Crippen molar-refractivity contribution in [2.75, 3.05) is 20.3 Å². The SMILES string of the molecule is C[C@H](c1ccc(S(N)(=O)=O)cc1)N(C)C(=O)Cc1cc(Cl)c2c(c1)OCCCO2. The number of nitrogens with zero attached hydrogens (tertiary/aromatic N) is 1. The first-order chi connectivity index (χ1) is 13.7. The second kappa shape index (κ2) is 8.61. The molecule has 0 saturated carbocycles. The van der Waals surface area contributed by atoms with Crippen molar-refractivity contribution in [2.45, 2.75) is 30.7 Å². The highest BCUT2D eigenvalue weighted by atomic mass is 35.5. The molecule has 2 aromatic rings. The molecule has 2 aromatic carbocycles. The van der Waals surface area contributed by atoms with Crippen molar-refractivity contribution >= 4 is 27.5 Å². The molecule has 0 bridgehead atoms. The van der Waals surface area contributed by atoms with Gasteiger partial charge >= 0.3 is 0 Å². The zero-order chi connectivity index (χ0) is 21.2. The Balaban J connectivity index is 1.73. The second-order valence-corrected chi connectivity index (χ2v) is 8.90. The Hall–Kier alpha value is -2.29. The highest BCUT2D eigenvalue weighted by Crippen LogP contribution is 2.38. The first kappa shape index (κ1) is 21.4. The van der Waals surface area contributed by atoms with Crippen LogP contribution >= 0.6 is 11.6 Å². The third kappa shape index (κ3) is 5.01. The van der Waals surface area contributed by atoms with Crippen LogP contribution in [0.3, 0.4) is 0 Å². The monoisotopic (exact) mass is 438 g/mol. The van der Waals surface area contributed by atoms with E-state index in [0.717, 1.165) is 17.5 Å². The molecule has 3 rings (SSSR count). The van der Waals surface area contributed by atoms with Crippen LogP contribution in [0.25, 0.3) is 0 Å². The summed E-state index contributed by atoms with van der Waals surface area (Å²) in [6, 6.07) is 9.41. The number of benzene rings is 2. The van der Waals surface area contributed by atoms with Crippen molar-refractivity contribution in [1.82, 2.24) is 4.90 Å². The lowest BCUT2D eigenvalue weighted by Gasteiger charge is -2.26. The van der Waals surface area contributed by atoms with Gasteiger partial charge in [-0.15, -0.1) is 0 Å². The van der Waals surface area contributed by atoms with E-state index in [1.165, 1.54) is 12.1 Å². The Morgan fingerprint density at radius 1 is 1.21 bits per heavy atom. The summed E-state index contributed by atoms with van der Waals surface area (Å²) in [7, 11) is -2.05. The lowest BCUT2D eigenvalue weighted by atomic mass is 10.1.